The zero-order valence-electron chi connectivity index (χ0n) is 19.9. The van der Waals surface area contributed by atoms with Crippen LogP contribution in [0.4, 0.5) is 0 Å². The van der Waals surface area contributed by atoms with Crippen LogP contribution in [-0.4, -0.2) is 53.4 Å². The average molecular weight is 553 g/mol. The van der Waals surface area contributed by atoms with Gasteiger partial charge in [0.1, 0.15) is 9.81 Å². The Morgan fingerprint density at radius 1 is 0.658 bits per heavy atom. The van der Waals surface area contributed by atoms with Gasteiger partial charge in [0, 0.05) is 59.4 Å². The molecule has 0 aliphatic rings. The summed E-state index contributed by atoms with van der Waals surface area (Å²) < 4.78 is 3.35. The fourth-order valence-electron chi connectivity index (χ4n) is 4.15. The van der Waals surface area contributed by atoms with Crippen molar-refractivity contribution in [2.45, 2.75) is 0 Å². The Hall–Kier alpha value is -4.42. The Bertz CT molecular complexity index is 1590. The summed E-state index contributed by atoms with van der Waals surface area (Å²) in [7, 11) is 4.77. The number of hydrogen-bond donors (Lipinski definition) is 4. The van der Waals surface area contributed by atoms with E-state index in [2.05, 4.69) is 0 Å². The number of aromatic nitrogens is 2. The second kappa shape index (κ2) is 10.5. The number of carboxylic acids is 4. The molecule has 0 atom stereocenters. The number of benzene rings is 2. The smallest absolute Gasteiger partial charge is 0.343 e. The molecule has 0 saturated carbocycles. The van der Waals surface area contributed by atoms with Crippen LogP contribution < -0.4 is 0 Å². The van der Waals surface area contributed by atoms with Gasteiger partial charge in [0.2, 0.25) is 0 Å². The number of nitrogens with zero attached hydrogens (tertiary/aromatic N) is 2. The fourth-order valence-corrected chi connectivity index (χ4v) is 6.08. The summed E-state index contributed by atoms with van der Waals surface area (Å²) in [6.45, 7) is 0. The van der Waals surface area contributed by atoms with Gasteiger partial charge in [-0.2, -0.15) is 0 Å². The third-order valence-corrected chi connectivity index (χ3v) is 8.12. The second-order valence-corrected chi connectivity index (χ2v) is 10.4. The van der Waals surface area contributed by atoms with E-state index in [1.165, 1.54) is 24.3 Å². The summed E-state index contributed by atoms with van der Waals surface area (Å²) in [5.41, 5.74) is 1.91. The molecule has 0 amide bonds. The van der Waals surface area contributed by atoms with Crippen molar-refractivity contribution >= 4 is 79.4 Å². The normalized spacial score (nSPS) is 12.3. The predicted octanol–water partition coefficient (Wildman–Crippen LogP) is 5.00. The van der Waals surface area contributed by atoms with Crippen LogP contribution in [0.5, 0.6) is 0 Å². The van der Waals surface area contributed by atoms with Crippen molar-refractivity contribution in [1.82, 2.24) is 9.13 Å². The van der Waals surface area contributed by atoms with E-state index in [4.69, 9.17) is 0 Å². The highest BCUT2D eigenvalue weighted by molar-refractivity contribution is 8.80. The van der Waals surface area contributed by atoms with Crippen LogP contribution in [0.2, 0.25) is 0 Å². The van der Waals surface area contributed by atoms with E-state index in [-0.39, 0.29) is 20.9 Å². The van der Waals surface area contributed by atoms with Gasteiger partial charge < -0.3 is 29.6 Å². The lowest BCUT2D eigenvalue weighted by Gasteiger charge is -2.05. The van der Waals surface area contributed by atoms with E-state index in [0.717, 1.165) is 0 Å². The highest BCUT2D eigenvalue weighted by atomic mass is 33.1. The molecule has 0 saturated heterocycles. The van der Waals surface area contributed by atoms with Crippen LogP contribution >= 0.6 is 21.6 Å². The molecule has 4 aromatic rings. The molecule has 4 N–H and O–H groups in total. The summed E-state index contributed by atoms with van der Waals surface area (Å²) in [6.07, 6.45) is 5.80. The first kappa shape index (κ1) is 26.6. The zero-order valence-corrected chi connectivity index (χ0v) is 21.5. The second-order valence-electron chi connectivity index (χ2n) is 8.19. The number of aliphatic carboxylic acids is 2. The van der Waals surface area contributed by atoms with Crippen molar-refractivity contribution in [3.05, 3.63) is 80.9 Å². The lowest BCUT2D eigenvalue weighted by atomic mass is 10.1. The minimum Gasteiger partial charge on any atom is -0.478 e. The van der Waals surface area contributed by atoms with Gasteiger partial charge in [0.25, 0.3) is 0 Å². The van der Waals surface area contributed by atoms with Crippen molar-refractivity contribution in [3.63, 3.8) is 0 Å². The molecule has 0 unspecified atom stereocenters. The number of carbonyl (C=O) groups is 4. The molecule has 0 spiro atoms. The van der Waals surface area contributed by atoms with Gasteiger partial charge in [-0.25, -0.2) is 19.2 Å². The molecule has 4 rings (SSSR count). The average Bonchev–Trinajstić information content (AvgIpc) is 3.36. The molecule has 12 heteroatoms. The Kier molecular flexibility index (Phi) is 7.37. The summed E-state index contributed by atoms with van der Waals surface area (Å²) in [4.78, 5) is 47.1. The molecule has 0 aliphatic heterocycles. The first-order valence-electron chi connectivity index (χ1n) is 10.9. The Balaban J connectivity index is 1.75. The highest BCUT2D eigenvalue weighted by Gasteiger charge is 2.20. The molecular weight excluding hydrogens is 532 g/mol. The molecule has 2 aromatic heterocycles. The maximum Gasteiger partial charge on any atom is 0.343 e. The van der Waals surface area contributed by atoms with E-state index in [0.29, 0.717) is 54.5 Å². The van der Waals surface area contributed by atoms with Crippen LogP contribution in [0.25, 0.3) is 34.0 Å². The molecule has 0 radical (unpaired) electrons. The lowest BCUT2D eigenvalue weighted by molar-refractivity contribution is -0.132. The third kappa shape index (κ3) is 5.04. The van der Waals surface area contributed by atoms with E-state index in [1.54, 1.807) is 59.9 Å². The van der Waals surface area contributed by atoms with E-state index < -0.39 is 23.9 Å². The lowest BCUT2D eigenvalue weighted by Crippen LogP contribution is -2.00. The van der Waals surface area contributed by atoms with E-state index in [9.17, 15) is 39.6 Å². The molecule has 194 valence electrons. The minimum absolute atomic E-state index is 0.00746. The third-order valence-electron chi connectivity index (χ3n) is 5.76. The minimum atomic E-state index is -1.32. The molecule has 38 heavy (non-hydrogen) atoms. The number of fused-ring (bicyclic) bond motifs is 2. The van der Waals surface area contributed by atoms with Gasteiger partial charge in [-0.15, -0.1) is 0 Å². The first-order valence-corrected chi connectivity index (χ1v) is 13.0. The van der Waals surface area contributed by atoms with E-state index >= 15 is 0 Å². The quantitative estimate of drug-likeness (QED) is 0.164. The monoisotopic (exact) mass is 552 g/mol. The Labute approximate surface area is 222 Å². The largest absolute Gasteiger partial charge is 0.478 e. The van der Waals surface area contributed by atoms with Crippen molar-refractivity contribution < 1.29 is 39.6 Å². The van der Waals surface area contributed by atoms with Crippen LogP contribution in [0, 0.1) is 0 Å². The zero-order chi connectivity index (χ0) is 27.7. The Morgan fingerprint density at radius 3 is 1.34 bits per heavy atom. The molecule has 10 nitrogen and oxygen atoms in total. The topological polar surface area (TPSA) is 159 Å². The van der Waals surface area contributed by atoms with Crippen molar-refractivity contribution in [1.29, 1.82) is 0 Å². The Morgan fingerprint density at radius 2 is 1.03 bits per heavy atom. The number of hydrogen-bond acceptors (Lipinski definition) is 6. The predicted molar refractivity (Wildman–Crippen MR) is 146 cm³/mol. The standard InChI is InChI=1S/C26H20N2O8S2/c1-27-11-13(21-15(23(29)30)5-3-7-17(21)27)9-19(25(33)34)37-38-20(26(35)36)10-14-12-28(2)18-8-4-6-16(22(14)18)24(31)32/h3-12H,1-2H3,(H,29,30)(H,31,32)(H,33,34)(H,35,36)/b19-9+,20-10+. The van der Waals surface area contributed by atoms with Crippen molar-refractivity contribution in [2.24, 2.45) is 14.1 Å². The summed E-state index contributed by atoms with van der Waals surface area (Å²) in [5.74, 6) is -4.98. The van der Waals surface area contributed by atoms with Gasteiger partial charge in [-0.3, -0.25) is 0 Å². The maximum absolute atomic E-state index is 12.0. The number of aryl methyl sites for hydroxylation is 2. The fraction of sp³-hybridized carbons (Fsp3) is 0.0769. The number of rotatable bonds is 9. The highest BCUT2D eigenvalue weighted by Crippen LogP contribution is 2.40. The van der Waals surface area contributed by atoms with Crippen LogP contribution in [0.3, 0.4) is 0 Å². The van der Waals surface area contributed by atoms with Gasteiger partial charge in [0.15, 0.2) is 0 Å². The van der Waals surface area contributed by atoms with Crippen LogP contribution in [0.1, 0.15) is 31.8 Å². The maximum atomic E-state index is 12.0. The summed E-state index contributed by atoms with van der Waals surface area (Å²) in [5, 5.41) is 39.5. The SMILES string of the molecule is Cn1cc(/C=C(/SS/C(=C/c2cn(C)c3cccc(C(=O)O)c23)C(=O)O)C(=O)O)c2c(C(=O)O)cccc21. The van der Waals surface area contributed by atoms with Crippen LogP contribution in [-0.2, 0) is 23.7 Å². The summed E-state index contributed by atoms with van der Waals surface area (Å²) in [6, 6.07) is 9.45. The van der Waals surface area contributed by atoms with Crippen LogP contribution in [0.15, 0.2) is 58.6 Å². The van der Waals surface area contributed by atoms with Gasteiger partial charge >= 0.3 is 23.9 Å². The molecule has 0 bridgehead atoms. The van der Waals surface area contributed by atoms with Gasteiger partial charge in [-0.05, 0) is 58.0 Å². The first-order chi connectivity index (χ1) is 18.0. The van der Waals surface area contributed by atoms with Crippen molar-refractivity contribution in [2.75, 3.05) is 0 Å². The molecule has 0 fully saturated rings. The van der Waals surface area contributed by atoms with Gasteiger partial charge in [0.05, 0.1) is 11.1 Å². The van der Waals surface area contributed by atoms with E-state index in [1.807, 2.05) is 0 Å². The molecular formula is C26H20N2O8S2. The van der Waals surface area contributed by atoms with Gasteiger partial charge in [-0.1, -0.05) is 12.1 Å². The van der Waals surface area contributed by atoms with Crippen molar-refractivity contribution in [3.8, 4) is 0 Å². The summed E-state index contributed by atoms with van der Waals surface area (Å²) >= 11 is 0. The molecule has 2 heterocycles. The molecule has 2 aromatic carbocycles. The number of carboxylic acid groups (broad SMARTS) is 4. The number of aromatic carboxylic acids is 2. The molecule has 0 aliphatic carbocycles.